The molecule has 0 radical (unpaired) electrons. The van der Waals surface area contributed by atoms with Crippen LogP contribution in [0.1, 0.15) is 25.7 Å². The maximum Gasteiger partial charge on any atom is 0.234 e. The van der Waals surface area contributed by atoms with Crippen LogP contribution in [-0.2, 0) is 14.3 Å². The number of rotatable bonds is 4. The quantitative estimate of drug-likeness (QED) is 0.746. The Bertz CT molecular complexity index is 348. The molecule has 0 atom stereocenters. The first-order valence-corrected chi connectivity index (χ1v) is 6.83. The van der Waals surface area contributed by atoms with E-state index in [-0.39, 0.29) is 11.7 Å². The molecule has 5 heteroatoms. The van der Waals surface area contributed by atoms with Gasteiger partial charge in [0.25, 0.3) is 0 Å². The first-order chi connectivity index (χ1) is 9.15. The highest BCUT2D eigenvalue weighted by Crippen LogP contribution is 2.36. The SMILES string of the molecule is C#CCNC(=O)CN(C)C1CCC2(CC1)OCCO2. The van der Waals surface area contributed by atoms with Crippen LogP contribution in [0.15, 0.2) is 0 Å². The normalized spacial score (nSPS) is 22.6. The number of hydrogen-bond acceptors (Lipinski definition) is 4. The zero-order valence-corrected chi connectivity index (χ0v) is 11.5. The predicted octanol–water partition coefficient (Wildman–Crippen LogP) is 0.353. The van der Waals surface area contributed by atoms with Gasteiger partial charge in [-0.3, -0.25) is 9.69 Å². The number of amides is 1. The minimum absolute atomic E-state index is 0.0193. The van der Waals surface area contributed by atoms with E-state index < -0.39 is 0 Å². The third-order valence-electron chi connectivity index (χ3n) is 3.93. The fraction of sp³-hybridized carbons (Fsp3) is 0.786. The van der Waals surface area contributed by atoms with Gasteiger partial charge in [-0.05, 0) is 19.9 Å². The van der Waals surface area contributed by atoms with Gasteiger partial charge in [0.05, 0.1) is 26.3 Å². The Morgan fingerprint density at radius 1 is 1.42 bits per heavy atom. The molecule has 1 saturated carbocycles. The van der Waals surface area contributed by atoms with E-state index in [1.165, 1.54) is 0 Å². The molecule has 0 unspecified atom stereocenters. The Hall–Kier alpha value is -1.09. The fourth-order valence-electron chi connectivity index (χ4n) is 2.83. The van der Waals surface area contributed by atoms with Gasteiger partial charge in [-0.1, -0.05) is 5.92 Å². The van der Waals surface area contributed by atoms with Crippen molar-refractivity contribution in [3.05, 3.63) is 0 Å². The highest BCUT2D eigenvalue weighted by Gasteiger charge is 2.41. The number of likely N-dealkylation sites (N-methyl/N-ethyl adjacent to an activating group) is 1. The maximum absolute atomic E-state index is 11.6. The molecule has 106 valence electrons. The van der Waals surface area contributed by atoms with Gasteiger partial charge in [0, 0.05) is 18.9 Å². The van der Waals surface area contributed by atoms with Crippen molar-refractivity contribution in [2.75, 3.05) is 33.4 Å². The van der Waals surface area contributed by atoms with Crippen molar-refractivity contribution in [1.82, 2.24) is 10.2 Å². The van der Waals surface area contributed by atoms with E-state index in [9.17, 15) is 4.79 Å². The topological polar surface area (TPSA) is 50.8 Å². The average Bonchev–Trinajstić information content (AvgIpc) is 2.85. The second-order valence-electron chi connectivity index (χ2n) is 5.23. The van der Waals surface area contributed by atoms with Crippen LogP contribution in [-0.4, -0.2) is 56.0 Å². The van der Waals surface area contributed by atoms with E-state index in [0.29, 0.717) is 32.3 Å². The zero-order valence-electron chi connectivity index (χ0n) is 11.5. The summed E-state index contributed by atoms with van der Waals surface area (Å²) in [4.78, 5) is 13.7. The Morgan fingerprint density at radius 3 is 2.63 bits per heavy atom. The number of nitrogens with one attached hydrogen (secondary N) is 1. The highest BCUT2D eigenvalue weighted by molar-refractivity contribution is 5.78. The molecule has 1 amide bonds. The summed E-state index contributed by atoms with van der Waals surface area (Å²) in [5.74, 6) is 2.05. The molecule has 0 aromatic rings. The van der Waals surface area contributed by atoms with Crippen molar-refractivity contribution < 1.29 is 14.3 Å². The molecule has 19 heavy (non-hydrogen) atoms. The maximum atomic E-state index is 11.6. The molecule has 2 fully saturated rings. The van der Waals surface area contributed by atoms with E-state index >= 15 is 0 Å². The first kappa shape index (κ1) is 14.3. The number of nitrogens with zero attached hydrogens (tertiary/aromatic N) is 1. The largest absolute Gasteiger partial charge is 0.348 e. The number of carbonyl (C=O) groups excluding carboxylic acids is 1. The van der Waals surface area contributed by atoms with Crippen LogP contribution in [0.5, 0.6) is 0 Å². The number of carbonyl (C=O) groups is 1. The van der Waals surface area contributed by atoms with Crippen LogP contribution < -0.4 is 5.32 Å². The van der Waals surface area contributed by atoms with Crippen molar-refractivity contribution >= 4 is 5.91 Å². The second kappa shape index (κ2) is 6.38. The van der Waals surface area contributed by atoms with E-state index in [0.717, 1.165) is 25.7 Å². The summed E-state index contributed by atoms with van der Waals surface area (Å²) in [6.07, 6.45) is 8.93. The van der Waals surface area contributed by atoms with E-state index in [2.05, 4.69) is 16.1 Å². The summed E-state index contributed by atoms with van der Waals surface area (Å²) in [6.45, 7) is 2.09. The number of terminal acetylenes is 1. The molecule has 1 aliphatic heterocycles. The Morgan fingerprint density at radius 2 is 2.05 bits per heavy atom. The summed E-state index contributed by atoms with van der Waals surface area (Å²) in [6, 6.07) is 0.412. The number of ether oxygens (including phenoxy) is 2. The molecule has 5 nitrogen and oxygen atoms in total. The van der Waals surface area contributed by atoms with Crippen LogP contribution in [0, 0.1) is 12.3 Å². The van der Waals surface area contributed by atoms with Gasteiger partial charge >= 0.3 is 0 Å². The molecule has 1 aliphatic carbocycles. The Labute approximate surface area is 114 Å². The van der Waals surface area contributed by atoms with Crippen molar-refractivity contribution in [3.63, 3.8) is 0 Å². The van der Waals surface area contributed by atoms with Crippen molar-refractivity contribution in [2.45, 2.75) is 37.5 Å². The van der Waals surface area contributed by atoms with Gasteiger partial charge in [0.15, 0.2) is 5.79 Å². The van der Waals surface area contributed by atoms with Crippen molar-refractivity contribution in [2.24, 2.45) is 0 Å². The van der Waals surface area contributed by atoms with Gasteiger partial charge in [-0.25, -0.2) is 0 Å². The van der Waals surface area contributed by atoms with E-state index in [1.54, 1.807) is 0 Å². The molecule has 1 saturated heterocycles. The van der Waals surface area contributed by atoms with Crippen molar-refractivity contribution in [3.8, 4) is 12.3 Å². The molecule has 2 rings (SSSR count). The van der Waals surface area contributed by atoms with Crippen LogP contribution in [0.3, 0.4) is 0 Å². The lowest BCUT2D eigenvalue weighted by molar-refractivity contribution is -0.183. The van der Waals surface area contributed by atoms with E-state index in [1.807, 2.05) is 7.05 Å². The van der Waals surface area contributed by atoms with Gasteiger partial charge in [-0.2, -0.15) is 0 Å². The standard InChI is InChI=1S/C14H22N2O3/c1-3-8-15-13(17)11-16(2)12-4-6-14(7-5-12)18-9-10-19-14/h1,12H,4-11H2,2H3,(H,15,17). The molecule has 0 aromatic carbocycles. The minimum atomic E-state index is -0.330. The molecule has 0 bridgehead atoms. The average molecular weight is 266 g/mol. The summed E-state index contributed by atoms with van der Waals surface area (Å²) in [5.41, 5.74) is 0. The molecule has 2 aliphatic rings. The summed E-state index contributed by atoms with van der Waals surface area (Å²) < 4.78 is 11.4. The third kappa shape index (κ3) is 3.69. The highest BCUT2D eigenvalue weighted by atomic mass is 16.7. The van der Waals surface area contributed by atoms with Gasteiger partial charge in [-0.15, -0.1) is 6.42 Å². The Balaban J connectivity index is 1.74. The molecule has 1 spiro atoms. The van der Waals surface area contributed by atoms with Crippen LogP contribution in [0.25, 0.3) is 0 Å². The monoisotopic (exact) mass is 266 g/mol. The third-order valence-corrected chi connectivity index (χ3v) is 3.93. The van der Waals surface area contributed by atoms with Gasteiger partial charge < -0.3 is 14.8 Å². The van der Waals surface area contributed by atoms with E-state index in [4.69, 9.17) is 15.9 Å². The lowest BCUT2D eigenvalue weighted by atomic mass is 9.89. The van der Waals surface area contributed by atoms with Crippen molar-refractivity contribution in [1.29, 1.82) is 0 Å². The molecular formula is C14H22N2O3. The van der Waals surface area contributed by atoms with Gasteiger partial charge in [0.2, 0.25) is 5.91 Å². The lowest BCUT2D eigenvalue weighted by Gasteiger charge is -2.38. The molecular weight excluding hydrogens is 244 g/mol. The van der Waals surface area contributed by atoms with Crippen LogP contribution in [0.2, 0.25) is 0 Å². The van der Waals surface area contributed by atoms with Crippen LogP contribution >= 0.6 is 0 Å². The van der Waals surface area contributed by atoms with Gasteiger partial charge in [0.1, 0.15) is 0 Å². The summed E-state index contributed by atoms with van der Waals surface area (Å²) in [7, 11) is 1.98. The summed E-state index contributed by atoms with van der Waals surface area (Å²) >= 11 is 0. The fourth-order valence-corrected chi connectivity index (χ4v) is 2.83. The first-order valence-electron chi connectivity index (χ1n) is 6.83. The molecule has 1 N–H and O–H groups in total. The lowest BCUT2D eigenvalue weighted by Crippen LogP contribution is -2.46. The minimum Gasteiger partial charge on any atom is -0.348 e. The smallest absolute Gasteiger partial charge is 0.234 e. The number of hydrogen-bond donors (Lipinski definition) is 1. The van der Waals surface area contributed by atoms with Crippen LogP contribution in [0.4, 0.5) is 0 Å². The predicted molar refractivity (Wildman–Crippen MR) is 71.4 cm³/mol. The summed E-state index contributed by atoms with van der Waals surface area (Å²) in [5, 5.41) is 2.68. The molecule has 0 aromatic heterocycles. The second-order valence-corrected chi connectivity index (χ2v) is 5.23. The molecule has 1 heterocycles. The zero-order chi connectivity index (χ0) is 13.7. The Kier molecular flexibility index (Phi) is 4.81.